The summed E-state index contributed by atoms with van der Waals surface area (Å²) in [7, 11) is -9.84. The number of unbranched alkanes of at least 4 members (excludes halogenated alkanes) is 44. The zero-order valence-corrected chi connectivity index (χ0v) is 81.3. The van der Waals surface area contributed by atoms with Crippen LogP contribution in [0, 0.1) is 0 Å². The molecule has 16 nitrogen and oxygen atoms in total. The normalized spacial score (nSPS) is 14.4. The summed E-state index contributed by atoms with van der Waals surface area (Å²) in [5, 5.41) is 20.8. The van der Waals surface area contributed by atoms with Gasteiger partial charge in [-0.15, -0.1) is 0 Å². The molecule has 0 aliphatic rings. The standard InChI is InChI=1S/C107H184O16P2/c1-4-7-10-13-16-19-22-25-28-31-34-36-38-40-42-44-46-48-50-52-54-56-58-60-62-64-67-69-72-75-78-81-84-87-90-93-105(110)117-96-102(108)97-119-124(113,114)120-98-103(109)99-121-125(115,116)122-101-104(123-107(112)95-92-89-86-83-80-77-74-71-66-33-30-27-24-21-18-15-12-9-6-3)100-118-106(111)94-91-88-85-82-79-76-73-70-68-65-63-61-59-57-55-53-51-49-47-45-43-41-39-37-35-32-29-26-23-20-17-14-11-8-5-2/h9,12,16-21,25-30,34-37,40-43,66,71,77,80,86,89,102-104,108-109H,4-8,10-11,13-15,22-24,31-33,38-39,44-65,67-70,72-76,78-79,81-85,87-88,90-101H2,1-3H3,(H,113,114)(H,115,116)/b12-9-,19-16-,20-17-,21-18-,28-25-,29-26-,30-27-,36-34-,37-35-,42-40-,43-41-,71-66-,80-77-,89-86-. The number of rotatable bonds is 95. The van der Waals surface area contributed by atoms with Gasteiger partial charge in [0.05, 0.1) is 26.4 Å². The Kier molecular flexibility index (Phi) is 94.0. The third-order valence-corrected chi connectivity index (χ3v) is 23.3. The molecule has 0 aliphatic carbocycles. The topological polar surface area (TPSA) is 231 Å². The van der Waals surface area contributed by atoms with Crippen LogP contribution in [0.3, 0.4) is 0 Å². The first-order valence-corrected chi connectivity index (χ1v) is 53.4. The molecule has 0 bridgehead atoms. The van der Waals surface area contributed by atoms with Crippen molar-refractivity contribution in [3.63, 3.8) is 0 Å². The second-order valence-electron chi connectivity index (χ2n) is 33.5. The minimum atomic E-state index is -4.96. The van der Waals surface area contributed by atoms with Crippen molar-refractivity contribution >= 4 is 33.6 Å². The average molecular weight is 1790 g/mol. The summed E-state index contributed by atoms with van der Waals surface area (Å²) in [6, 6.07) is 0. The van der Waals surface area contributed by atoms with Gasteiger partial charge in [-0.25, -0.2) is 9.13 Å². The van der Waals surface area contributed by atoms with Crippen LogP contribution in [-0.4, -0.2) is 95.9 Å². The Labute approximate surface area is 764 Å². The molecule has 0 aromatic carbocycles. The summed E-state index contributed by atoms with van der Waals surface area (Å²) in [4.78, 5) is 59.0. The molecule has 18 heteroatoms. The van der Waals surface area contributed by atoms with Gasteiger partial charge in [0, 0.05) is 19.3 Å². The highest BCUT2D eigenvalue weighted by atomic mass is 31.2. The van der Waals surface area contributed by atoms with Crippen molar-refractivity contribution in [1.82, 2.24) is 0 Å². The average Bonchev–Trinajstić information content (AvgIpc) is 0.898. The van der Waals surface area contributed by atoms with E-state index in [0.29, 0.717) is 25.7 Å². The zero-order valence-electron chi connectivity index (χ0n) is 79.5. The van der Waals surface area contributed by atoms with Gasteiger partial charge in [-0.1, -0.05) is 435 Å². The lowest BCUT2D eigenvalue weighted by Crippen LogP contribution is -2.29. The van der Waals surface area contributed by atoms with Crippen LogP contribution < -0.4 is 0 Å². The van der Waals surface area contributed by atoms with Gasteiger partial charge in [0.2, 0.25) is 0 Å². The molecule has 0 amide bonds. The molecule has 0 radical (unpaired) electrons. The van der Waals surface area contributed by atoms with Crippen LogP contribution in [0.4, 0.5) is 0 Å². The summed E-state index contributed by atoms with van der Waals surface area (Å²) in [5.41, 5.74) is 0. The van der Waals surface area contributed by atoms with Gasteiger partial charge < -0.3 is 34.2 Å². The van der Waals surface area contributed by atoms with Crippen LogP contribution in [0.5, 0.6) is 0 Å². The van der Waals surface area contributed by atoms with Gasteiger partial charge in [0.1, 0.15) is 25.4 Å². The Morgan fingerprint density at radius 1 is 0.232 bits per heavy atom. The lowest BCUT2D eigenvalue weighted by molar-refractivity contribution is -0.161. The Bertz CT molecular complexity index is 2950. The van der Waals surface area contributed by atoms with Crippen LogP contribution in [0.1, 0.15) is 432 Å². The Morgan fingerprint density at radius 2 is 0.440 bits per heavy atom. The molecule has 0 aliphatic heterocycles. The maximum atomic E-state index is 13.0. The summed E-state index contributed by atoms with van der Waals surface area (Å²) < 4.78 is 61.5. The van der Waals surface area contributed by atoms with E-state index in [9.17, 15) is 43.5 Å². The number of carbonyl (C=O) groups is 3. The second-order valence-corrected chi connectivity index (χ2v) is 36.5. The highest BCUT2D eigenvalue weighted by Gasteiger charge is 2.30. The van der Waals surface area contributed by atoms with E-state index in [1.165, 1.54) is 257 Å². The Hall–Kier alpha value is -5.09. The van der Waals surface area contributed by atoms with Gasteiger partial charge in [-0.05, 0) is 148 Å². The highest BCUT2D eigenvalue weighted by Crippen LogP contribution is 2.45. The number of ether oxygens (including phenoxy) is 3. The number of phosphoric acid groups is 2. The molecule has 0 spiro atoms. The fourth-order valence-electron chi connectivity index (χ4n) is 13.8. The Morgan fingerprint density at radius 3 is 0.704 bits per heavy atom. The van der Waals surface area contributed by atoms with Gasteiger partial charge in [0.25, 0.3) is 0 Å². The van der Waals surface area contributed by atoms with Gasteiger partial charge >= 0.3 is 33.6 Å². The third kappa shape index (κ3) is 99.3. The van der Waals surface area contributed by atoms with Gasteiger partial charge in [-0.2, -0.15) is 0 Å². The number of carbonyl (C=O) groups excluding carboxylic acids is 3. The van der Waals surface area contributed by atoms with Crippen molar-refractivity contribution < 1.29 is 75.8 Å². The minimum absolute atomic E-state index is 0.0228. The molecular weight excluding hydrogens is 1600 g/mol. The van der Waals surface area contributed by atoms with Crippen molar-refractivity contribution in [2.45, 2.75) is 450 Å². The van der Waals surface area contributed by atoms with Crippen LogP contribution in [-0.2, 0) is 55.8 Å². The predicted molar refractivity (Wildman–Crippen MR) is 528 cm³/mol. The summed E-state index contributed by atoms with van der Waals surface area (Å²) >= 11 is 0. The molecule has 4 N–H and O–H groups in total. The van der Waals surface area contributed by atoms with E-state index in [4.69, 9.17) is 32.3 Å². The molecule has 0 aromatic heterocycles. The summed E-state index contributed by atoms with van der Waals surface area (Å²) in [6.45, 7) is 2.48. The number of hydrogen-bond acceptors (Lipinski definition) is 14. The molecule has 0 saturated carbocycles. The predicted octanol–water partition coefficient (Wildman–Crippen LogP) is 31.8. The molecule has 5 atom stereocenters. The number of allylic oxidation sites excluding steroid dienone is 28. The lowest BCUT2D eigenvalue weighted by atomic mass is 10.0. The van der Waals surface area contributed by atoms with E-state index < -0.39 is 91.5 Å². The molecule has 0 aromatic rings. The van der Waals surface area contributed by atoms with Crippen LogP contribution in [0.15, 0.2) is 170 Å². The van der Waals surface area contributed by atoms with Crippen LogP contribution in [0.25, 0.3) is 0 Å². The van der Waals surface area contributed by atoms with E-state index in [1.54, 1.807) is 0 Å². The molecule has 0 rings (SSSR count). The van der Waals surface area contributed by atoms with E-state index in [-0.39, 0.29) is 19.3 Å². The zero-order chi connectivity index (χ0) is 90.7. The third-order valence-electron chi connectivity index (χ3n) is 21.4. The van der Waals surface area contributed by atoms with E-state index in [2.05, 4.69) is 173 Å². The number of phosphoric ester groups is 2. The molecular formula is C107H184O16P2. The Balaban J connectivity index is 4.50. The molecule has 718 valence electrons. The SMILES string of the molecule is CC/C=C\C/C=C\C/C=C\C/C=C\C/C=C\C/C=C\CCC(=O)OC(COC(=O)CCCCCCCCCCCCCCCCCCCCC/C=C\C/C=C\C/C=C\C/C=C\CCCCC)COP(=O)(O)OCC(O)COP(=O)(O)OCC(O)COC(=O)CCCCCCCCCCCCCCCCCCCCC/C=C\C/C=C\C/C=C\C/C=C\CCCCC. The maximum absolute atomic E-state index is 13.0. The lowest BCUT2D eigenvalue weighted by Gasteiger charge is -2.21. The second kappa shape index (κ2) is 98.0. The van der Waals surface area contributed by atoms with Crippen LogP contribution >= 0.6 is 15.6 Å². The first-order valence-electron chi connectivity index (χ1n) is 50.4. The van der Waals surface area contributed by atoms with Crippen molar-refractivity contribution in [2.24, 2.45) is 0 Å². The van der Waals surface area contributed by atoms with Crippen LogP contribution in [0.2, 0.25) is 0 Å². The smallest absolute Gasteiger partial charge is 0.463 e. The number of esters is 3. The molecule has 0 heterocycles. The van der Waals surface area contributed by atoms with Crippen molar-refractivity contribution in [1.29, 1.82) is 0 Å². The van der Waals surface area contributed by atoms with Crippen molar-refractivity contribution in [3.8, 4) is 0 Å². The summed E-state index contributed by atoms with van der Waals surface area (Å²) in [6.07, 6.45) is 129. The van der Waals surface area contributed by atoms with Gasteiger partial charge in [0.15, 0.2) is 6.10 Å². The monoisotopic (exact) mass is 1790 g/mol. The van der Waals surface area contributed by atoms with E-state index >= 15 is 0 Å². The first-order chi connectivity index (χ1) is 61.2. The quantitative estimate of drug-likeness (QED) is 0.0146. The minimum Gasteiger partial charge on any atom is -0.463 e. The maximum Gasteiger partial charge on any atom is 0.472 e. The largest absolute Gasteiger partial charge is 0.472 e. The van der Waals surface area contributed by atoms with Crippen molar-refractivity contribution in [2.75, 3.05) is 39.6 Å². The molecule has 0 fully saturated rings. The highest BCUT2D eigenvalue weighted by molar-refractivity contribution is 7.47. The van der Waals surface area contributed by atoms with E-state index in [0.717, 1.165) is 109 Å². The summed E-state index contributed by atoms with van der Waals surface area (Å²) in [5.74, 6) is -1.66. The molecule has 125 heavy (non-hydrogen) atoms. The first kappa shape index (κ1) is 120. The van der Waals surface area contributed by atoms with Crippen molar-refractivity contribution in [3.05, 3.63) is 170 Å². The number of aliphatic hydroxyl groups is 2. The number of hydrogen-bond donors (Lipinski definition) is 4. The fourth-order valence-corrected chi connectivity index (χ4v) is 15.4. The molecule has 5 unspecified atom stereocenters. The van der Waals surface area contributed by atoms with E-state index in [1.807, 2.05) is 18.2 Å². The van der Waals surface area contributed by atoms with Gasteiger partial charge in [-0.3, -0.25) is 32.5 Å². The fraction of sp³-hybridized carbons (Fsp3) is 0.710. The number of aliphatic hydroxyl groups excluding tert-OH is 2. The molecule has 0 saturated heterocycles.